The maximum Gasteiger partial charge on any atom is 0.853 e. The quantitative estimate of drug-likeness (QED) is 0.799. The van der Waals surface area contributed by atoms with Gasteiger partial charge in [-0.1, -0.05) is 36.4 Å². The van der Waals surface area contributed by atoms with E-state index < -0.39 is 14.8 Å². The monoisotopic (exact) mass is 332 g/mol. The molecule has 2 heterocycles. The van der Waals surface area contributed by atoms with E-state index in [1.807, 2.05) is 60.6 Å². The highest BCUT2D eigenvalue weighted by atomic mass is 27.2. The van der Waals surface area contributed by atoms with Gasteiger partial charge in [0, 0.05) is 23.7 Å². The summed E-state index contributed by atoms with van der Waals surface area (Å²) >= 11 is -1.92. The second-order valence-corrected chi connectivity index (χ2v) is 7.40. The van der Waals surface area contributed by atoms with Gasteiger partial charge >= 0.3 is 14.8 Å². The molecule has 4 rings (SSSR count). The Morgan fingerprint density at radius 2 is 1.92 bits per heavy atom. The molecule has 0 saturated carbocycles. The summed E-state index contributed by atoms with van der Waals surface area (Å²) < 4.78 is 12.3. The third-order valence-electron chi connectivity index (χ3n) is 4.11. The van der Waals surface area contributed by atoms with Gasteiger partial charge in [-0.25, -0.2) is 0 Å². The molecular weight excluding hydrogens is 315 g/mol. The van der Waals surface area contributed by atoms with E-state index in [-0.39, 0.29) is 12.0 Å². The fourth-order valence-electron chi connectivity index (χ4n) is 3.01. The number of aromatic nitrogens is 1. The van der Waals surface area contributed by atoms with Crippen LogP contribution in [0.25, 0.3) is 10.9 Å². The van der Waals surface area contributed by atoms with E-state index >= 15 is 0 Å². The molecule has 2 atom stereocenters. The first-order valence-corrected chi connectivity index (χ1v) is 10.2. The zero-order valence-corrected chi connectivity index (χ0v) is 14.5. The van der Waals surface area contributed by atoms with Gasteiger partial charge < -0.3 is 7.58 Å². The normalized spacial score (nSPS) is 21.3. The van der Waals surface area contributed by atoms with Crippen molar-refractivity contribution in [2.24, 2.45) is 10.9 Å². The summed E-state index contributed by atoms with van der Waals surface area (Å²) in [5.74, 6) is 3.96. The van der Waals surface area contributed by atoms with E-state index in [2.05, 4.69) is 22.1 Å². The highest BCUT2D eigenvalue weighted by Crippen LogP contribution is 2.28. The topological polar surface area (TPSA) is 43.7 Å². The fraction of sp³-hybridized carbons (Fsp3) is 0.158. The smallest absolute Gasteiger partial charge is 0.613 e. The number of pyridine rings is 1. The van der Waals surface area contributed by atoms with E-state index in [9.17, 15) is 0 Å². The summed E-state index contributed by atoms with van der Waals surface area (Å²) in [4.78, 5) is 8.97. The Morgan fingerprint density at radius 1 is 1.04 bits per heavy atom. The number of hydrogen-bond donors (Lipinski definition) is 0. The van der Waals surface area contributed by atoms with Crippen LogP contribution in [0.2, 0.25) is 5.79 Å². The molecule has 0 amide bonds. The molecule has 118 valence electrons. The lowest BCUT2D eigenvalue weighted by Gasteiger charge is -2.28. The van der Waals surface area contributed by atoms with Crippen molar-refractivity contribution in [2.75, 3.05) is 0 Å². The van der Waals surface area contributed by atoms with E-state index in [4.69, 9.17) is 7.58 Å². The van der Waals surface area contributed by atoms with Crippen LogP contribution in [0, 0.1) is 5.92 Å². The minimum absolute atomic E-state index is 0.0317. The molecule has 1 aliphatic carbocycles. The third-order valence-corrected chi connectivity index (χ3v) is 5.30. The Kier molecular flexibility index (Phi) is 4.21. The molecular formula is C19H17AlN2O2. The Morgan fingerprint density at radius 3 is 2.88 bits per heavy atom. The average molecular weight is 332 g/mol. The molecule has 0 fully saturated rings. The first-order valence-electron chi connectivity index (χ1n) is 8.07. The summed E-state index contributed by atoms with van der Waals surface area (Å²) in [5.41, 5.74) is 0.872. The maximum absolute atomic E-state index is 6.16. The molecule has 0 N–H and O–H groups in total. The molecule has 2 aliphatic rings. The summed E-state index contributed by atoms with van der Waals surface area (Å²) in [7, 11) is 0. The molecule has 0 saturated heterocycles. The first kappa shape index (κ1) is 15.2. The van der Waals surface area contributed by atoms with E-state index in [0.29, 0.717) is 0 Å². The van der Waals surface area contributed by atoms with Gasteiger partial charge in [-0.05, 0) is 30.1 Å². The highest BCUT2D eigenvalue weighted by molar-refractivity contribution is 6.44. The van der Waals surface area contributed by atoms with Crippen molar-refractivity contribution >= 4 is 31.9 Å². The number of dihydropyridines is 1. The van der Waals surface area contributed by atoms with Gasteiger partial charge in [0.05, 0.1) is 5.76 Å². The van der Waals surface area contributed by atoms with Crippen LogP contribution in [-0.2, 0) is 3.79 Å². The molecule has 4 nitrogen and oxygen atoms in total. The van der Waals surface area contributed by atoms with E-state index in [1.54, 1.807) is 6.20 Å². The number of benzene rings is 1. The Hall–Kier alpha value is -2.35. The van der Waals surface area contributed by atoms with Crippen LogP contribution in [0.1, 0.15) is 0 Å². The number of nitrogens with zero attached hydrogens (tertiary/aromatic N) is 2. The maximum atomic E-state index is 6.16. The first-order chi connectivity index (χ1) is 11.8. The van der Waals surface area contributed by atoms with E-state index in [1.165, 1.54) is 0 Å². The number of hydrogen-bond acceptors (Lipinski definition) is 4. The van der Waals surface area contributed by atoms with Crippen LogP contribution in [-0.4, -0.2) is 32.1 Å². The van der Waals surface area contributed by atoms with Gasteiger partial charge in [0.15, 0.2) is 0 Å². The molecule has 2 unspecified atom stereocenters. The van der Waals surface area contributed by atoms with Gasteiger partial charge in [-0.3, -0.25) is 9.98 Å². The van der Waals surface area contributed by atoms with E-state index in [0.717, 1.165) is 22.4 Å². The molecule has 1 aromatic carbocycles. The lowest BCUT2D eigenvalue weighted by atomic mass is 9.92. The number of rotatable bonds is 4. The summed E-state index contributed by atoms with van der Waals surface area (Å²) in [6, 6.07) is 9.95. The van der Waals surface area contributed by atoms with Gasteiger partial charge in [-0.15, -0.1) is 0 Å². The summed E-state index contributed by atoms with van der Waals surface area (Å²) in [6.07, 6.45) is 13.9. The van der Waals surface area contributed by atoms with Crippen LogP contribution >= 0.6 is 0 Å². The molecule has 0 spiro atoms. The predicted molar refractivity (Wildman–Crippen MR) is 97.2 cm³/mol. The summed E-state index contributed by atoms with van der Waals surface area (Å²) in [5, 5.41) is 1.07. The predicted octanol–water partition coefficient (Wildman–Crippen LogP) is 3.83. The Balaban J connectivity index is 1.51. The molecule has 1 aliphatic heterocycles. The minimum Gasteiger partial charge on any atom is -0.613 e. The number of para-hydroxylation sites is 1. The van der Waals surface area contributed by atoms with Crippen LogP contribution in [0.15, 0.2) is 77.7 Å². The fourth-order valence-corrected chi connectivity index (χ4v) is 4.21. The van der Waals surface area contributed by atoms with Crippen LogP contribution in [0.5, 0.6) is 5.75 Å². The van der Waals surface area contributed by atoms with Crippen molar-refractivity contribution in [1.29, 1.82) is 0 Å². The minimum atomic E-state index is -1.92. The number of allylic oxidation sites excluding steroid dienone is 3. The Labute approximate surface area is 145 Å². The summed E-state index contributed by atoms with van der Waals surface area (Å²) in [6.45, 7) is 0. The molecule has 1 aromatic heterocycles. The molecule has 2 aromatic rings. The van der Waals surface area contributed by atoms with Crippen molar-refractivity contribution in [3.63, 3.8) is 0 Å². The average Bonchev–Trinajstić information content (AvgIpc) is 2.62. The van der Waals surface area contributed by atoms with Crippen LogP contribution in [0.4, 0.5) is 0 Å². The molecule has 0 bridgehead atoms. The SMILES string of the molecule is [CH3][Al]([O]C1=CC=CC2C=CC=NC12)[O]c1cccc2cccnc12. The molecule has 0 radical (unpaired) electrons. The van der Waals surface area contributed by atoms with Gasteiger partial charge in [0.1, 0.15) is 17.3 Å². The lowest BCUT2D eigenvalue weighted by molar-refractivity contribution is 0.315. The van der Waals surface area contributed by atoms with Gasteiger partial charge in [0.25, 0.3) is 0 Å². The molecule has 5 heteroatoms. The lowest BCUT2D eigenvalue weighted by Crippen LogP contribution is -2.30. The standard InChI is InChI=1S/C9H9NO.C9H7NO.CH3.Al/c2*11-8-5-1-3-7-4-2-6-10-9(7)8;;/h1-7,9,11H;1-6,11H;1H3;/q;;;+2/p-2. The number of fused-ring (bicyclic) bond motifs is 2. The van der Waals surface area contributed by atoms with Crippen LogP contribution < -0.4 is 3.79 Å². The Bertz CT molecular complexity index is 867. The third kappa shape index (κ3) is 3.01. The van der Waals surface area contributed by atoms with Crippen LogP contribution in [0.3, 0.4) is 0 Å². The van der Waals surface area contributed by atoms with Crippen molar-refractivity contribution in [2.45, 2.75) is 11.8 Å². The van der Waals surface area contributed by atoms with Gasteiger partial charge in [-0.2, -0.15) is 0 Å². The van der Waals surface area contributed by atoms with Crippen molar-refractivity contribution in [3.8, 4) is 5.75 Å². The molecule has 24 heavy (non-hydrogen) atoms. The van der Waals surface area contributed by atoms with Crippen molar-refractivity contribution in [3.05, 3.63) is 72.7 Å². The van der Waals surface area contributed by atoms with Gasteiger partial charge in [0.2, 0.25) is 0 Å². The second-order valence-electron chi connectivity index (χ2n) is 5.79. The highest BCUT2D eigenvalue weighted by Gasteiger charge is 2.32. The number of aliphatic imine (C=N–C) groups is 1. The zero-order valence-electron chi connectivity index (χ0n) is 13.4. The van der Waals surface area contributed by atoms with Crippen molar-refractivity contribution < 1.29 is 7.58 Å². The largest absolute Gasteiger partial charge is 0.853 e. The van der Waals surface area contributed by atoms with Crippen molar-refractivity contribution in [1.82, 2.24) is 4.98 Å². The second kappa shape index (κ2) is 6.64. The zero-order chi connectivity index (χ0) is 16.4.